The van der Waals surface area contributed by atoms with E-state index in [0.29, 0.717) is 18.0 Å². The molecule has 0 aliphatic rings. The lowest BCUT2D eigenvalue weighted by Gasteiger charge is -2.23. The third-order valence-corrected chi connectivity index (χ3v) is 3.35. The van der Waals surface area contributed by atoms with Crippen molar-refractivity contribution < 1.29 is 5.11 Å². The molecule has 1 heterocycles. The van der Waals surface area contributed by atoms with Gasteiger partial charge in [-0.3, -0.25) is 4.68 Å². The van der Waals surface area contributed by atoms with E-state index < -0.39 is 5.60 Å². The van der Waals surface area contributed by atoms with Crippen LogP contribution in [0.15, 0.2) is 36.5 Å². The quantitative estimate of drug-likeness (QED) is 0.928. The van der Waals surface area contributed by atoms with E-state index in [0.717, 1.165) is 11.3 Å². The summed E-state index contributed by atoms with van der Waals surface area (Å²) in [7, 11) is 0. The summed E-state index contributed by atoms with van der Waals surface area (Å²) in [6.07, 6.45) is 2.37. The van der Waals surface area contributed by atoms with E-state index >= 15 is 0 Å². The van der Waals surface area contributed by atoms with Gasteiger partial charge in [-0.15, -0.1) is 0 Å². The number of hydrogen-bond donors (Lipinski definition) is 1. The summed E-state index contributed by atoms with van der Waals surface area (Å²) in [5, 5.41) is 23.9. The molecule has 1 unspecified atom stereocenters. The highest BCUT2D eigenvalue weighted by Gasteiger charge is 2.24. The molecule has 0 radical (unpaired) electrons. The SMILES string of the molecule is CC(C)n1ccc(CC(C)(O)c2ccc(C#N)cc2)n1. The lowest BCUT2D eigenvalue weighted by molar-refractivity contribution is 0.0564. The summed E-state index contributed by atoms with van der Waals surface area (Å²) < 4.78 is 1.88. The predicted molar refractivity (Wildman–Crippen MR) is 77.0 cm³/mol. The van der Waals surface area contributed by atoms with Crippen LogP contribution in [0.25, 0.3) is 0 Å². The molecule has 0 aliphatic carbocycles. The number of nitriles is 1. The smallest absolute Gasteiger partial charge is 0.0991 e. The molecule has 1 aromatic heterocycles. The van der Waals surface area contributed by atoms with E-state index in [1.165, 1.54) is 0 Å². The van der Waals surface area contributed by atoms with E-state index in [1.54, 1.807) is 31.2 Å². The molecular weight excluding hydrogens is 250 g/mol. The highest BCUT2D eigenvalue weighted by Crippen LogP contribution is 2.25. The molecule has 1 N–H and O–H groups in total. The topological polar surface area (TPSA) is 61.8 Å². The van der Waals surface area contributed by atoms with Gasteiger partial charge in [0.05, 0.1) is 22.9 Å². The van der Waals surface area contributed by atoms with Crippen molar-refractivity contribution in [2.75, 3.05) is 0 Å². The van der Waals surface area contributed by atoms with Crippen LogP contribution in [0, 0.1) is 11.3 Å². The molecule has 1 atom stereocenters. The van der Waals surface area contributed by atoms with Gasteiger partial charge in [0, 0.05) is 18.7 Å². The number of rotatable bonds is 4. The Kier molecular flexibility index (Phi) is 3.91. The molecule has 4 nitrogen and oxygen atoms in total. The third-order valence-electron chi connectivity index (χ3n) is 3.35. The largest absolute Gasteiger partial charge is 0.385 e. The number of aromatic nitrogens is 2. The molecule has 4 heteroatoms. The van der Waals surface area contributed by atoms with Crippen LogP contribution >= 0.6 is 0 Å². The summed E-state index contributed by atoms with van der Waals surface area (Å²) >= 11 is 0. The Morgan fingerprint density at radius 3 is 2.45 bits per heavy atom. The first-order chi connectivity index (χ1) is 9.42. The van der Waals surface area contributed by atoms with Gasteiger partial charge < -0.3 is 5.11 Å². The maximum Gasteiger partial charge on any atom is 0.0991 e. The maximum atomic E-state index is 10.6. The average molecular weight is 269 g/mol. The van der Waals surface area contributed by atoms with Gasteiger partial charge in [0.25, 0.3) is 0 Å². The van der Waals surface area contributed by atoms with Crippen molar-refractivity contribution in [1.29, 1.82) is 5.26 Å². The van der Waals surface area contributed by atoms with Crippen molar-refractivity contribution >= 4 is 0 Å². The van der Waals surface area contributed by atoms with Crippen molar-refractivity contribution in [3.8, 4) is 6.07 Å². The molecule has 0 fully saturated rings. The number of nitrogens with zero attached hydrogens (tertiary/aromatic N) is 3. The zero-order chi connectivity index (χ0) is 14.8. The second-order valence-electron chi connectivity index (χ2n) is 5.52. The molecule has 0 spiro atoms. The van der Waals surface area contributed by atoms with E-state index in [-0.39, 0.29) is 0 Å². The fourth-order valence-electron chi connectivity index (χ4n) is 2.12. The molecule has 0 amide bonds. The van der Waals surface area contributed by atoms with Gasteiger partial charge in [-0.1, -0.05) is 12.1 Å². The molecule has 0 saturated carbocycles. The minimum absolute atomic E-state index is 0.309. The van der Waals surface area contributed by atoms with Crippen LogP contribution in [0.3, 0.4) is 0 Å². The van der Waals surface area contributed by atoms with Crippen LogP contribution in [0.4, 0.5) is 0 Å². The number of hydrogen-bond acceptors (Lipinski definition) is 3. The lowest BCUT2D eigenvalue weighted by atomic mass is 9.90. The first-order valence-corrected chi connectivity index (χ1v) is 6.69. The van der Waals surface area contributed by atoms with E-state index in [1.807, 2.05) is 16.9 Å². The van der Waals surface area contributed by atoms with Crippen molar-refractivity contribution in [3.63, 3.8) is 0 Å². The molecule has 104 valence electrons. The summed E-state index contributed by atoms with van der Waals surface area (Å²) in [5.41, 5.74) is 1.24. The van der Waals surface area contributed by atoms with Crippen molar-refractivity contribution in [1.82, 2.24) is 9.78 Å². The first kappa shape index (κ1) is 14.3. The molecule has 0 saturated heterocycles. The second-order valence-corrected chi connectivity index (χ2v) is 5.52. The third kappa shape index (κ3) is 3.06. The lowest BCUT2D eigenvalue weighted by Crippen LogP contribution is -2.24. The normalized spacial score (nSPS) is 14.0. The molecular formula is C16H19N3O. The first-order valence-electron chi connectivity index (χ1n) is 6.69. The number of benzene rings is 1. The van der Waals surface area contributed by atoms with Gasteiger partial charge in [0.15, 0.2) is 0 Å². The van der Waals surface area contributed by atoms with Gasteiger partial charge in [0.1, 0.15) is 0 Å². The molecule has 1 aromatic carbocycles. The summed E-state index contributed by atoms with van der Waals surface area (Å²) in [6, 6.07) is 11.3. The Morgan fingerprint density at radius 1 is 1.30 bits per heavy atom. The standard InChI is InChI=1S/C16H19N3O/c1-12(2)19-9-8-15(18-19)10-16(3,20)14-6-4-13(11-17)5-7-14/h4-9,12,20H,10H2,1-3H3. The summed E-state index contributed by atoms with van der Waals surface area (Å²) in [6.45, 7) is 5.90. The Hall–Kier alpha value is -2.12. The fraction of sp³-hybridized carbons (Fsp3) is 0.375. The predicted octanol–water partition coefficient (Wildman–Crippen LogP) is 2.79. The zero-order valence-corrected chi connectivity index (χ0v) is 12.0. The molecule has 2 aromatic rings. The van der Waals surface area contributed by atoms with Crippen LogP contribution in [0.5, 0.6) is 0 Å². The minimum atomic E-state index is -0.996. The van der Waals surface area contributed by atoms with Gasteiger partial charge in [-0.2, -0.15) is 10.4 Å². The van der Waals surface area contributed by atoms with Gasteiger partial charge in [0.2, 0.25) is 0 Å². The van der Waals surface area contributed by atoms with E-state index in [9.17, 15) is 5.11 Å². The van der Waals surface area contributed by atoms with Crippen LogP contribution in [-0.2, 0) is 12.0 Å². The van der Waals surface area contributed by atoms with Crippen LogP contribution in [-0.4, -0.2) is 14.9 Å². The van der Waals surface area contributed by atoms with Gasteiger partial charge in [-0.05, 0) is 44.5 Å². The second kappa shape index (κ2) is 5.48. The Balaban J connectivity index is 2.18. The molecule has 0 bridgehead atoms. The molecule has 2 rings (SSSR count). The number of aliphatic hydroxyl groups is 1. The van der Waals surface area contributed by atoms with Gasteiger partial charge in [-0.25, -0.2) is 0 Å². The van der Waals surface area contributed by atoms with E-state index in [4.69, 9.17) is 5.26 Å². The average Bonchev–Trinajstić information content (AvgIpc) is 2.87. The monoisotopic (exact) mass is 269 g/mol. The highest BCUT2D eigenvalue weighted by atomic mass is 16.3. The van der Waals surface area contributed by atoms with Crippen LogP contribution in [0.2, 0.25) is 0 Å². The van der Waals surface area contributed by atoms with E-state index in [2.05, 4.69) is 25.0 Å². The maximum absolute atomic E-state index is 10.6. The van der Waals surface area contributed by atoms with Crippen molar-refractivity contribution in [3.05, 3.63) is 53.3 Å². The van der Waals surface area contributed by atoms with Crippen molar-refractivity contribution in [2.45, 2.75) is 38.8 Å². The van der Waals surface area contributed by atoms with Crippen LogP contribution < -0.4 is 0 Å². The Morgan fingerprint density at radius 2 is 1.95 bits per heavy atom. The minimum Gasteiger partial charge on any atom is -0.385 e. The fourth-order valence-corrected chi connectivity index (χ4v) is 2.12. The molecule has 20 heavy (non-hydrogen) atoms. The summed E-state index contributed by atoms with van der Waals surface area (Å²) in [4.78, 5) is 0. The van der Waals surface area contributed by atoms with Gasteiger partial charge >= 0.3 is 0 Å². The highest BCUT2D eigenvalue weighted by molar-refractivity contribution is 5.34. The van der Waals surface area contributed by atoms with Crippen molar-refractivity contribution in [2.24, 2.45) is 0 Å². The zero-order valence-electron chi connectivity index (χ0n) is 12.0. The summed E-state index contributed by atoms with van der Waals surface area (Å²) in [5.74, 6) is 0. The Bertz CT molecular complexity index is 618. The molecule has 0 aliphatic heterocycles. The Labute approximate surface area is 119 Å². The van der Waals surface area contributed by atoms with Crippen LogP contribution in [0.1, 0.15) is 43.6 Å².